The topological polar surface area (TPSA) is 116 Å². The molecule has 5 aliphatic rings. The highest BCUT2D eigenvalue weighted by Crippen LogP contribution is 2.67. The quantitative estimate of drug-likeness (QED) is 0.597. The van der Waals surface area contributed by atoms with Gasteiger partial charge in [0.05, 0.1) is 12.1 Å². The molecule has 7 heteroatoms. The van der Waals surface area contributed by atoms with Crippen LogP contribution in [0.25, 0.3) is 0 Å². The molecule has 0 aromatic rings. The van der Waals surface area contributed by atoms with Crippen molar-refractivity contribution in [1.82, 2.24) is 10.2 Å². The normalized spacial score (nSPS) is 42.4. The highest BCUT2D eigenvalue weighted by Gasteiger charge is 2.65. The largest absolute Gasteiger partial charge is 0.480 e. The van der Waals surface area contributed by atoms with Crippen molar-refractivity contribution in [2.45, 2.75) is 82.8 Å². The van der Waals surface area contributed by atoms with E-state index >= 15 is 0 Å². The first-order chi connectivity index (χ1) is 12.5. The van der Waals surface area contributed by atoms with Crippen molar-refractivity contribution in [1.29, 1.82) is 0 Å². The van der Waals surface area contributed by atoms with Crippen LogP contribution in [0.1, 0.15) is 71.6 Å². The zero-order valence-corrected chi connectivity index (χ0v) is 16.7. The molecule has 0 spiro atoms. The third-order valence-electron chi connectivity index (χ3n) is 6.85. The minimum Gasteiger partial charge on any atom is -0.480 e. The maximum absolute atomic E-state index is 10.8. The first kappa shape index (κ1) is 20.4. The molecule has 7 nitrogen and oxygen atoms in total. The van der Waals surface area contributed by atoms with Gasteiger partial charge in [-0.25, -0.2) is 4.79 Å². The van der Waals surface area contributed by atoms with Crippen molar-refractivity contribution in [3.63, 3.8) is 0 Å². The van der Waals surface area contributed by atoms with Crippen molar-refractivity contribution in [3.8, 4) is 0 Å². The van der Waals surface area contributed by atoms with Gasteiger partial charge in [0.1, 0.15) is 0 Å². The molecule has 0 aromatic heterocycles. The number of hydrogen-bond acceptors (Lipinski definition) is 4. The molecule has 5 rings (SSSR count). The van der Waals surface area contributed by atoms with Gasteiger partial charge in [-0.1, -0.05) is 13.8 Å². The number of piperidine rings is 1. The van der Waals surface area contributed by atoms with E-state index in [9.17, 15) is 14.7 Å². The molecule has 1 heterocycles. The number of amides is 2. The number of nitrogens with zero attached hydrogens (tertiary/aromatic N) is 1. The first-order valence-corrected chi connectivity index (χ1v) is 10.2. The summed E-state index contributed by atoms with van der Waals surface area (Å²) < 4.78 is 0. The summed E-state index contributed by atoms with van der Waals surface area (Å²) in [6.45, 7) is 6.22. The average Bonchev–Trinajstić information content (AvgIpc) is 2.50. The number of carboxylic acids is 1. The summed E-state index contributed by atoms with van der Waals surface area (Å²) in [5, 5.41) is 22.9. The molecule has 2 amide bonds. The fourth-order valence-electron chi connectivity index (χ4n) is 7.20. The van der Waals surface area contributed by atoms with Crippen LogP contribution in [0.4, 0.5) is 4.79 Å². The third-order valence-corrected chi connectivity index (χ3v) is 6.85. The lowest BCUT2D eigenvalue weighted by Gasteiger charge is -2.68. The minimum absolute atomic E-state index is 0.00222. The lowest BCUT2D eigenvalue weighted by Crippen LogP contribution is -2.70. The van der Waals surface area contributed by atoms with Crippen molar-refractivity contribution < 1.29 is 19.8 Å². The Morgan fingerprint density at radius 2 is 1.52 bits per heavy atom. The van der Waals surface area contributed by atoms with Crippen molar-refractivity contribution in [2.24, 2.45) is 16.6 Å². The third kappa shape index (κ3) is 4.57. The number of primary amides is 1. The molecule has 2 atom stereocenters. The van der Waals surface area contributed by atoms with E-state index in [1.165, 1.54) is 12.8 Å². The predicted molar refractivity (Wildman–Crippen MR) is 102 cm³/mol. The zero-order valence-electron chi connectivity index (χ0n) is 16.7. The molecular weight excluding hydrogens is 346 g/mol. The molecule has 1 aliphatic heterocycles. The van der Waals surface area contributed by atoms with Crippen molar-refractivity contribution in [2.75, 3.05) is 19.6 Å². The monoisotopic (exact) mass is 381 g/mol. The van der Waals surface area contributed by atoms with Crippen molar-refractivity contribution in [3.05, 3.63) is 0 Å². The molecule has 0 aromatic carbocycles. The summed E-state index contributed by atoms with van der Waals surface area (Å²) in [5.41, 5.74) is 4.65. The number of carbonyl (C=O) groups excluding carboxylic acids is 1. The Balaban J connectivity index is 0.000000197. The number of rotatable bonds is 3. The summed E-state index contributed by atoms with van der Waals surface area (Å²) in [4.78, 5) is 23.0. The zero-order chi connectivity index (χ0) is 19.9. The Morgan fingerprint density at radius 3 is 1.93 bits per heavy atom. The van der Waals surface area contributed by atoms with Crippen LogP contribution in [-0.4, -0.2) is 57.9 Å². The maximum Gasteiger partial charge on any atom is 0.317 e. The van der Waals surface area contributed by atoms with Crippen molar-refractivity contribution >= 4 is 12.0 Å². The molecule has 4 aliphatic carbocycles. The average molecular weight is 382 g/mol. The Kier molecular flexibility index (Phi) is 5.23. The second kappa shape index (κ2) is 6.92. The van der Waals surface area contributed by atoms with Crippen LogP contribution in [0.2, 0.25) is 0 Å². The molecule has 5 fully saturated rings. The number of aliphatic carboxylic acids is 1. The maximum atomic E-state index is 10.8. The standard InChI is InChI=1S/C14H23NO3.C6H12N2O/c1-11-4-12(2)6-13(5-11,15-3-10(16)17)9-14(18,7-11)8-12;7-6(9)8-4-2-1-3-5-8/h15,18H,3-9H2,1-2H3,(H,16,17);1-5H2,(H2,7,9). The number of nitrogens with one attached hydrogen (secondary N) is 1. The number of hydrogen-bond donors (Lipinski definition) is 4. The number of urea groups is 1. The van der Waals surface area contributed by atoms with Gasteiger partial charge < -0.3 is 26.2 Å². The van der Waals surface area contributed by atoms with E-state index in [-0.39, 0.29) is 28.9 Å². The Hall–Kier alpha value is -1.34. The SMILES string of the molecule is CC12CC3(C)CC(O)(C1)CC(NCC(=O)O)(C2)C3.NC(=O)N1CCCCC1. The van der Waals surface area contributed by atoms with Gasteiger partial charge >= 0.3 is 12.0 Å². The molecule has 4 bridgehead atoms. The molecule has 154 valence electrons. The Morgan fingerprint density at radius 1 is 0.963 bits per heavy atom. The van der Waals surface area contributed by atoms with Crippen LogP contribution in [-0.2, 0) is 4.79 Å². The predicted octanol–water partition coefficient (Wildman–Crippen LogP) is 2.08. The molecule has 2 unspecified atom stereocenters. The highest BCUT2D eigenvalue weighted by atomic mass is 16.4. The minimum atomic E-state index is -0.812. The van der Waals surface area contributed by atoms with E-state index in [1.807, 2.05) is 0 Å². The summed E-state index contributed by atoms with van der Waals surface area (Å²) in [6, 6.07) is -0.269. The number of aliphatic hydroxyl groups is 1. The molecule has 4 saturated carbocycles. The van der Waals surface area contributed by atoms with E-state index in [0.717, 1.165) is 58.0 Å². The van der Waals surface area contributed by atoms with Crippen LogP contribution >= 0.6 is 0 Å². The number of nitrogens with two attached hydrogens (primary N) is 1. The first-order valence-electron chi connectivity index (χ1n) is 10.2. The van der Waals surface area contributed by atoms with Gasteiger partial charge in [0.25, 0.3) is 0 Å². The summed E-state index contributed by atoms with van der Waals surface area (Å²) >= 11 is 0. The smallest absolute Gasteiger partial charge is 0.317 e. The molecule has 0 radical (unpaired) electrons. The molecule has 1 saturated heterocycles. The van der Waals surface area contributed by atoms with Crippen LogP contribution < -0.4 is 11.1 Å². The van der Waals surface area contributed by atoms with E-state index in [2.05, 4.69) is 19.2 Å². The highest BCUT2D eigenvalue weighted by molar-refractivity contribution is 5.72. The van der Waals surface area contributed by atoms with E-state index in [4.69, 9.17) is 10.8 Å². The number of carbonyl (C=O) groups is 2. The summed E-state index contributed by atoms with van der Waals surface area (Å²) in [7, 11) is 0. The Labute approximate surface area is 161 Å². The molecule has 27 heavy (non-hydrogen) atoms. The van der Waals surface area contributed by atoms with Gasteiger partial charge in [-0.15, -0.1) is 0 Å². The summed E-state index contributed by atoms with van der Waals surface area (Å²) in [5.74, 6) is -0.812. The lowest BCUT2D eigenvalue weighted by molar-refractivity contribution is -0.205. The van der Waals surface area contributed by atoms with Gasteiger partial charge in [-0.2, -0.15) is 0 Å². The second-order valence-corrected chi connectivity index (χ2v) is 10.3. The van der Waals surface area contributed by atoms with Crippen LogP contribution in [0.3, 0.4) is 0 Å². The second-order valence-electron chi connectivity index (χ2n) is 10.3. The fraction of sp³-hybridized carbons (Fsp3) is 0.900. The van der Waals surface area contributed by atoms with Crippen LogP contribution in [0, 0.1) is 10.8 Å². The van der Waals surface area contributed by atoms with Crippen LogP contribution in [0.5, 0.6) is 0 Å². The molecular formula is C20H35N3O4. The van der Waals surface area contributed by atoms with Crippen LogP contribution in [0.15, 0.2) is 0 Å². The van der Waals surface area contributed by atoms with Gasteiger partial charge in [0, 0.05) is 18.6 Å². The van der Waals surface area contributed by atoms with Gasteiger partial charge in [0.2, 0.25) is 0 Å². The van der Waals surface area contributed by atoms with Gasteiger partial charge in [-0.05, 0) is 68.6 Å². The Bertz CT molecular complexity index is 548. The van der Waals surface area contributed by atoms with E-state index in [1.54, 1.807) is 4.90 Å². The van der Waals surface area contributed by atoms with Gasteiger partial charge in [-0.3, -0.25) is 4.79 Å². The fourth-order valence-corrected chi connectivity index (χ4v) is 7.20. The molecule has 5 N–H and O–H groups in total. The summed E-state index contributed by atoms with van der Waals surface area (Å²) in [6.07, 6.45) is 9.13. The number of likely N-dealkylation sites (tertiary alicyclic amines) is 1. The van der Waals surface area contributed by atoms with E-state index in [0.29, 0.717) is 0 Å². The number of carboxylic acid groups (broad SMARTS) is 1. The van der Waals surface area contributed by atoms with Gasteiger partial charge in [0.15, 0.2) is 0 Å². The van der Waals surface area contributed by atoms with E-state index < -0.39 is 11.6 Å². The lowest BCUT2D eigenvalue weighted by atomic mass is 9.41.